The fraction of sp³-hybridized carbons (Fsp3) is 0.304. The number of methoxy groups -OCH3 is 1. The molecule has 1 fully saturated rings. The first-order valence-corrected chi connectivity index (χ1v) is 9.78. The second-order valence-corrected chi connectivity index (χ2v) is 6.79. The zero-order valence-corrected chi connectivity index (χ0v) is 17.9. The number of aromatic nitrogens is 1. The lowest BCUT2D eigenvalue weighted by molar-refractivity contribution is 0.103. The Bertz CT molecular complexity index is 1020. The van der Waals surface area contributed by atoms with Gasteiger partial charge in [-0.3, -0.25) is 9.78 Å². The molecule has 0 atom stereocenters. The van der Waals surface area contributed by atoms with Crippen LogP contribution in [0.5, 0.6) is 11.5 Å². The van der Waals surface area contributed by atoms with Crippen LogP contribution in [-0.4, -0.2) is 50.8 Å². The minimum absolute atomic E-state index is 0. The fourth-order valence-electron chi connectivity index (χ4n) is 3.60. The summed E-state index contributed by atoms with van der Waals surface area (Å²) >= 11 is 0. The van der Waals surface area contributed by atoms with Gasteiger partial charge in [0.1, 0.15) is 11.5 Å². The summed E-state index contributed by atoms with van der Waals surface area (Å²) in [6, 6.07) is 13.0. The van der Waals surface area contributed by atoms with E-state index in [2.05, 4.69) is 9.88 Å². The molecular formula is C23H25ClN2O4. The maximum absolute atomic E-state index is 13.4. The number of fused-ring (bicyclic) bond motifs is 1. The van der Waals surface area contributed by atoms with Crippen molar-refractivity contribution in [1.29, 1.82) is 0 Å². The molecule has 0 aliphatic carbocycles. The number of hydrogen-bond donors (Lipinski definition) is 0. The number of rotatable bonds is 6. The van der Waals surface area contributed by atoms with Crippen molar-refractivity contribution >= 4 is 34.8 Å². The van der Waals surface area contributed by atoms with Gasteiger partial charge in [0.15, 0.2) is 5.78 Å². The molecule has 6 nitrogen and oxygen atoms in total. The van der Waals surface area contributed by atoms with Crippen molar-refractivity contribution in [3.8, 4) is 11.5 Å². The number of ketones is 1. The minimum Gasteiger partial charge on any atom is -0.497 e. The lowest BCUT2D eigenvalue weighted by atomic mass is 9.99. The van der Waals surface area contributed by atoms with Gasteiger partial charge in [-0.1, -0.05) is 0 Å². The van der Waals surface area contributed by atoms with Crippen LogP contribution in [0.3, 0.4) is 0 Å². The lowest BCUT2D eigenvalue weighted by Gasteiger charge is -2.31. The molecule has 1 aromatic heterocycles. The van der Waals surface area contributed by atoms with Crippen LogP contribution < -0.4 is 14.4 Å². The van der Waals surface area contributed by atoms with E-state index < -0.39 is 0 Å². The van der Waals surface area contributed by atoms with Crippen LogP contribution in [0.15, 0.2) is 48.7 Å². The monoisotopic (exact) mass is 428 g/mol. The number of morpholine rings is 1. The van der Waals surface area contributed by atoms with E-state index >= 15 is 0 Å². The molecule has 1 saturated heterocycles. The molecule has 7 heteroatoms. The molecule has 1 aliphatic heterocycles. The van der Waals surface area contributed by atoms with Gasteiger partial charge in [-0.05, 0) is 49.4 Å². The van der Waals surface area contributed by atoms with Gasteiger partial charge in [0.25, 0.3) is 0 Å². The number of nitrogens with zero attached hydrogens (tertiary/aromatic N) is 2. The zero-order chi connectivity index (χ0) is 20.2. The fourth-order valence-corrected chi connectivity index (χ4v) is 3.60. The van der Waals surface area contributed by atoms with Crippen molar-refractivity contribution in [2.45, 2.75) is 6.92 Å². The van der Waals surface area contributed by atoms with Crippen LogP contribution >= 0.6 is 12.4 Å². The number of pyridine rings is 1. The maximum Gasteiger partial charge on any atom is 0.196 e. The molecule has 0 amide bonds. The topological polar surface area (TPSA) is 60.9 Å². The standard InChI is InChI=1S/C23H24N2O4.ClH/c1-3-29-17-6-4-16(5-7-17)23(26)20-15-24-21-9-8-18(27-2)14-19(21)22(20)25-10-12-28-13-11-25;/h4-9,14-15H,3,10-13H2,1-2H3;1H. The maximum atomic E-state index is 13.4. The number of anilines is 1. The first-order chi connectivity index (χ1) is 14.2. The number of hydrogen-bond acceptors (Lipinski definition) is 6. The Balaban J connectivity index is 0.00000256. The molecular weight excluding hydrogens is 404 g/mol. The predicted molar refractivity (Wildman–Crippen MR) is 120 cm³/mol. The van der Waals surface area contributed by atoms with E-state index in [-0.39, 0.29) is 18.2 Å². The van der Waals surface area contributed by atoms with Crippen LogP contribution in [0.1, 0.15) is 22.8 Å². The van der Waals surface area contributed by atoms with E-state index in [1.807, 2.05) is 37.3 Å². The first-order valence-electron chi connectivity index (χ1n) is 9.78. The summed E-state index contributed by atoms with van der Waals surface area (Å²) in [6.45, 7) is 5.22. The van der Waals surface area contributed by atoms with Gasteiger partial charge in [-0.2, -0.15) is 0 Å². The second kappa shape index (κ2) is 9.78. The summed E-state index contributed by atoms with van der Waals surface area (Å²) < 4.78 is 16.4. The van der Waals surface area contributed by atoms with Gasteiger partial charge in [0.05, 0.1) is 43.7 Å². The molecule has 0 unspecified atom stereocenters. The van der Waals surface area contributed by atoms with Crippen LogP contribution in [0, 0.1) is 0 Å². The highest BCUT2D eigenvalue weighted by molar-refractivity contribution is 6.16. The third-order valence-corrected chi connectivity index (χ3v) is 5.05. The highest BCUT2D eigenvalue weighted by atomic mass is 35.5. The summed E-state index contributed by atoms with van der Waals surface area (Å²) in [5.41, 5.74) is 2.90. The van der Waals surface area contributed by atoms with Crippen LogP contribution in [0.25, 0.3) is 10.9 Å². The normalized spacial score (nSPS) is 13.6. The molecule has 0 bridgehead atoms. The van der Waals surface area contributed by atoms with E-state index in [1.165, 1.54) is 0 Å². The summed E-state index contributed by atoms with van der Waals surface area (Å²) in [4.78, 5) is 20.2. The zero-order valence-electron chi connectivity index (χ0n) is 17.1. The molecule has 2 aromatic carbocycles. The Labute approximate surface area is 182 Å². The van der Waals surface area contributed by atoms with Gasteiger partial charge in [-0.25, -0.2) is 0 Å². The molecule has 3 aromatic rings. The Morgan fingerprint density at radius 3 is 2.47 bits per heavy atom. The van der Waals surface area contributed by atoms with Crippen molar-refractivity contribution in [2.75, 3.05) is 44.9 Å². The number of benzene rings is 2. The van der Waals surface area contributed by atoms with E-state index in [1.54, 1.807) is 25.4 Å². The van der Waals surface area contributed by atoms with Crippen molar-refractivity contribution in [2.24, 2.45) is 0 Å². The van der Waals surface area contributed by atoms with Crippen LogP contribution in [-0.2, 0) is 4.74 Å². The smallest absolute Gasteiger partial charge is 0.196 e. The number of carbonyl (C=O) groups is 1. The highest BCUT2D eigenvalue weighted by Gasteiger charge is 2.23. The Kier molecular flexibility index (Phi) is 7.13. The summed E-state index contributed by atoms with van der Waals surface area (Å²) in [6.07, 6.45) is 1.68. The van der Waals surface area contributed by atoms with Crippen LogP contribution in [0.2, 0.25) is 0 Å². The summed E-state index contributed by atoms with van der Waals surface area (Å²) in [5, 5.41) is 0.906. The SMILES string of the molecule is CCOc1ccc(C(=O)c2cnc3ccc(OC)cc3c2N2CCOCC2)cc1.Cl. The van der Waals surface area contributed by atoms with E-state index in [9.17, 15) is 4.79 Å². The van der Waals surface area contributed by atoms with E-state index in [4.69, 9.17) is 14.2 Å². The quantitative estimate of drug-likeness (QED) is 0.550. The summed E-state index contributed by atoms with van der Waals surface area (Å²) in [7, 11) is 1.64. The molecule has 30 heavy (non-hydrogen) atoms. The van der Waals surface area contributed by atoms with Crippen molar-refractivity contribution < 1.29 is 19.0 Å². The van der Waals surface area contributed by atoms with Gasteiger partial charge in [0.2, 0.25) is 0 Å². The van der Waals surface area contributed by atoms with Crippen LogP contribution in [0.4, 0.5) is 5.69 Å². The second-order valence-electron chi connectivity index (χ2n) is 6.79. The molecule has 2 heterocycles. The highest BCUT2D eigenvalue weighted by Crippen LogP contribution is 2.34. The summed E-state index contributed by atoms with van der Waals surface area (Å²) in [5.74, 6) is 1.42. The molecule has 158 valence electrons. The van der Waals surface area contributed by atoms with E-state index in [0.29, 0.717) is 30.9 Å². The molecule has 0 N–H and O–H groups in total. The molecule has 1 aliphatic rings. The Morgan fingerprint density at radius 2 is 1.80 bits per heavy atom. The van der Waals surface area contributed by atoms with Gasteiger partial charge in [-0.15, -0.1) is 12.4 Å². The van der Waals surface area contributed by atoms with Gasteiger partial charge >= 0.3 is 0 Å². The average Bonchev–Trinajstić information content (AvgIpc) is 2.78. The Hall–Kier alpha value is -2.83. The minimum atomic E-state index is -0.0632. The van der Waals surface area contributed by atoms with E-state index in [0.717, 1.165) is 41.2 Å². The van der Waals surface area contributed by atoms with Gasteiger partial charge in [0, 0.05) is 30.2 Å². The largest absolute Gasteiger partial charge is 0.497 e. The number of carbonyl (C=O) groups excluding carboxylic acids is 1. The lowest BCUT2D eigenvalue weighted by Crippen LogP contribution is -2.37. The van der Waals surface area contributed by atoms with Gasteiger partial charge < -0.3 is 19.1 Å². The van der Waals surface area contributed by atoms with Crippen molar-refractivity contribution in [3.63, 3.8) is 0 Å². The molecule has 0 saturated carbocycles. The predicted octanol–water partition coefficient (Wildman–Crippen LogP) is 4.13. The molecule has 4 rings (SSSR count). The number of ether oxygens (including phenoxy) is 3. The van der Waals surface area contributed by atoms with Crippen molar-refractivity contribution in [1.82, 2.24) is 4.98 Å². The Morgan fingerprint density at radius 1 is 1.10 bits per heavy atom. The van der Waals surface area contributed by atoms with Crippen molar-refractivity contribution in [3.05, 3.63) is 59.8 Å². The molecule has 0 radical (unpaired) electrons. The third kappa shape index (κ3) is 4.35. The number of halogens is 1. The first kappa shape index (κ1) is 21.9. The average molecular weight is 429 g/mol. The third-order valence-electron chi connectivity index (χ3n) is 5.05. The molecule has 0 spiro atoms.